The second-order valence-electron chi connectivity index (χ2n) is 4.43. The summed E-state index contributed by atoms with van der Waals surface area (Å²) in [5, 5.41) is 20.3. The van der Waals surface area contributed by atoms with Gasteiger partial charge in [-0.25, -0.2) is 0 Å². The highest BCUT2D eigenvalue weighted by Gasteiger charge is 2.06. The lowest BCUT2D eigenvalue weighted by molar-refractivity contribution is 0.276. The van der Waals surface area contributed by atoms with Crippen LogP contribution in [0.25, 0.3) is 0 Å². The summed E-state index contributed by atoms with van der Waals surface area (Å²) < 4.78 is 1.75. The Kier molecular flexibility index (Phi) is 5.00. The normalized spacial score (nSPS) is 12.5. The molecule has 6 heteroatoms. The third kappa shape index (κ3) is 4.11. The molecule has 19 heavy (non-hydrogen) atoms. The first-order chi connectivity index (χ1) is 9.29. The number of aromatic nitrogens is 4. The van der Waals surface area contributed by atoms with Crippen LogP contribution >= 0.6 is 0 Å². The van der Waals surface area contributed by atoms with Crippen molar-refractivity contribution in [2.24, 2.45) is 0 Å². The largest absolute Gasteiger partial charge is 0.396 e. The summed E-state index contributed by atoms with van der Waals surface area (Å²) in [6.07, 6.45) is 6.18. The molecule has 1 unspecified atom stereocenters. The predicted octanol–water partition coefficient (Wildman–Crippen LogP) is 0.906. The topological polar surface area (TPSA) is 75.9 Å². The van der Waals surface area contributed by atoms with Crippen LogP contribution in [-0.2, 0) is 13.1 Å². The van der Waals surface area contributed by atoms with Crippen LogP contribution in [0.2, 0.25) is 0 Å². The molecule has 0 fully saturated rings. The third-order valence-electron chi connectivity index (χ3n) is 2.93. The fraction of sp³-hybridized carbons (Fsp3) is 0.462. The zero-order valence-electron chi connectivity index (χ0n) is 11.0. The fourth-order valence-corrected chi connectivity index (χ4v) is 1.79. The van der Waals surface area contributed by atoms with Crippen LogP contribution in [0, 0.1) is 0 Å². The Morgan fingerprint density at radius 2 is 2.16 bits per heavy atom. The van der Waals surface area contributed by atoms with Crippen molar-refractivity contribution in [3.63, 3.8) is 0 Å². The Morgan fingerprint density at radius 1 is 1.37 bits per heavy atom. The first-order valence-electron chi connectivity index (χ1n) is 6.43. The molecule has 0 saturated heterocycles. The van der Waals surface area contributed by atoms with Gasteiger partial charge >= 0.3 is 0 Å². The highest BCUT2D eigenvalue weighted by Crippen LogP contribution is 2.10. The van der Waals surface area contributed by atoms with Crippen LogP contribution in [0.1, 0.15) is 30.6 Å². The van der Waals surface area contributed by atoms with Gasteiger partial charge in [-0.3, -0.25) is 9.67 Å². The lowest BCUT2D eigenvalue weighted by atomic mass is 10.1. The highest BCUT2D eigenvalue weighted by molar-refractivity contribution is 5.14. The Morgan fingerprint density at radius 3 is 2.89 bits per heavy atom. The molecule has 0 saturated carbocycles. The van der Waals surface area contributed by atoms with Crippen LogP contribution in [0.15, 0.2) is 30.7 Å². The molecule has 0 amide bonds. The number of nitrogens with zero attached hydrogens (tertiary/aromatic N) is 4. The number of aliphatic hydroxyl groups excluding tert-OH is 1. The minimum Gasteiger partial charge on any atom is -0.396 e. The number of hydrogen-bond acceptors (Lipinski definition) is 5. The fourth-order valence-electron chi connectivity index (χ4n) is 1.79. The molecule has 0 aliphatic rings. The molecule has 2 aromatic heterocycles. The Balaban J connectivity index is 1.83. The van der Waals surface area contributed by atoms with E-state index in [1.165, 1.54) is 5.56 Å². The monoisotopic (exact) mass is 261 g/mol. The summed E-state index contributed by atoms with van der Waals surface area (Å²) in [7, 11) is 0. The molecule has 0 aromatic carbocycles. The van der Waals surface area contributed by atoms with Crippen molar-refractivity contribution in [3.05, 3.63) is 42.0 Å². The van der Waals surface area contributed by atoms with Crippen LogP contribution in [0.4, 0.5) is 0 Å². The van der Waals surface area contributed by atoms with Crippen molar-refractivity contribution in [2.45, 2.75) is 32.5 Å². The van der Waals surface area contributed by atoms with Crippen molar-refractivity contribution in [2.75, 3.05) is 6.61 Å². The lowest BCUT2D eigenvalue weighted by Crippen LogP contribution is -2.18. The van der Waals surface area contributed by atoms with Gasteiger partial charge in [0, 0.05) is 44.3 Å². The maximum atomic E-state index is 8.76. The number of hydrogen-bond donors (Lipinski definition) is 2. The SMILES string of the molecule is CC(NCc1cn(CCCO)nn1)c1ccncc1. The summed E-state index contributed by atoms with van der Waals surface area (Å²) in [5.74, 6) is 0. The minimum absolute atomic E-state index is 0.173. The van der Waals surface area contributed by atoms with E-state index >= 15 is 0 Å². The van der Waals surface area contributed by atoms with E-state index in [2.05, 4.69) is 27.5 Å². The molecule has 0 aliphatic heterocycles. The van der Waals surface area contributed by atoms with Gasteiger partial charge in [0.25, 0.3) is 0 Å². The van der Waals surface area contributed by atoms with Crippen molar-refractivity contribution >= 4 is 0 Å². The van der Waals surface area contributed by atoms with Gasteiger partial charge < -0.3 is 10.4 Å². The van der Waals surface area contributed by atoms with Gasteiger partial charge in [-0.05, 0) is 31.0 Å². The van der Waals surface area contributed by atoms with Gasteiger partial charge in [0.1, 0.15) is 0 Å². The molecule has 2 N–H and O–H groups in total. The number of aliphatic hydroxyl groups is 1. The first kappa shape index (κ1) is 13.6. The van der Waals surface area contributed by atoms with E-state index in [0.29, 0.717) is 19.5 Å². The van der Waals surface area contributed by atoms with Crippen LogP contribution in [0.3, 0.4) is 0 Å². The number of rotatable bonds is 7. The van der Waals surface area contributed by atoms with Crippen molar-refractivity contribution in [1.82, 2.24) is 25.3 Å². The Hall–Kier alpha value is -1.79. The quantitative estimate of drug-likeness (QED) is 0.774. The van der Waals surface area contributed by atoms with E-state index in [9.17, 15) is 0 Å². The molecule has 0 spiro atoms. The molecule has 2 aromatic rings. The van der Waals surface area contributed by atoms with Crippen molar-refractivity contribution in [1.29, 1.82) is 0 Å². The molecular weight excluding hydrogens is 242 g/mol. The van der Waals surface area contributed by atoms with E-state index in [4.69, 9.17) is 5.11 Å². The molecule has 102 valence electrons. The standard InChI is InChI=1S/C13H19N5O/c1-11(12-3-5-14-6-4-12)15-9-13-10-18(17-16-13)7-2-8-19/h3-6,10-11,15,19H,2,7-9H2,1H3. The molecule has 0 radical (unpaired) electrons. The summed E-state index contributed by atoms with van der Waals surface area (Å²) in [6, 6.07) is 4.23. The highest BCUT2D eigenvalue weighted by atomic mass is 16.3. The number of aryl methyl sites for hydroxylation is 1. The van der Waals surface area contributed by atoms with E-state index in [1.54, 1.807) is 17.1 Å². The van der Waals surface area contributed by atoms with Gasteiger partial charge in [0.05, 0.1) is 5.69 Å². The van der Waals surface area contributed by atoms with Gasteiger partial charge in [-0.15, -0.1) is 5.10 Å². The molecular formula is C13H19N5O. The minimum atomic E-state index is 0.173. The number of pyridine rings is 1. The number of nitrogens with one attached hydrogen (secondary N) is 1. The van der Waals surface area contributed by atoms with Gasteiger partial charge in [0.2, 0.25) is 0 Å². The van der Waals surface area contributed by atoms with Crippen LogP contribution < -0.4 is 5.32 Å². The van der Waals surface area contributed by atoms with Gasteiger partial charge in [-0.1, -0.05) is 5.21 Å². The average molecular weight is 261 g/mol. The molecule has 0 bridgehead atoms. The first-order valence-corrected chi connectivity index (χ1v) is 6.43. The predicted molar refractivity (Wildman–Crippen MR) is 71.2 cm³/mol. The molecule has 2 heterocycles. The van der Waals surface area contributed by atoms with E-state index in [-0.39, 0.29) is 12.6 Å². The van der Waals surface area contributed by atoms with Gasteiger partial charge in [0.15, 0.2) is 0 Å². The molecule has 1 atom stereocenters. The Bertz CT molecular complexity index is 485. The summed E-state index contributed by atoms with van der Waals surface area (Å²) in [6.45, 7) is 3.64. The lowest BCUT2D eigenvalue weighted by Gasteiger charge is -2.12. The summed E-state index contributed by atoms with van der Waals surface area (Å²) in [4.78, 5) is 4.00. The second-order valence-corrected chi connectivity index (χ2v) is 4.43. The maximum Gasteiger partial charge on any atom is 0.0965 e. The molecule has 0 aliphatic carbocycles. The van der Waals surface area contributed by atoms with Crippen molar-refractivity contribution < 1.29 is 5.11 Å². The smallest absolute Gasteiger partial charge is 0.0965 e. The molecule has 6 nitrogen and oxygen atoms in total. The Labute approximate surface area is 112 Å². The van der Waals surface area contributed by atoms with E-state index in [1.807, 2.05) is 18.3 Å². The third-order valence-corrected chi connectivity index (χ3v) is 2.93. The summed E-state index contributed by atoms with van der Waals surface area (Å²) >= 11 is 0. The second kappa shape index (κ2) is 6.96. The van der Waals surface area contributed by atoms with Crippen LogP contribution in [0.5, 0.6) is 0 Å². The van der Waals surface area contributed by atoms with Crippen molar-refractivity contribution in [3.8, 4) is 0 Å². The van der Waals surface area contributed by atoms with Gasteiger partial charge in [-0.2, -0.15) is 0 Å². The summed E-state index contributed by atoms with van der Waals surface area (Å²) in [5.41, 5.74) is 2.10. The zero-order chi connectivity index (χ0) is 13.5. The van der Waals surface area contributed by atoms with Crippen LogP contribution in [-0.4, -0.2) is 31.7 Å². The maximum absolute atomic E-state index is 8.76. The average Bonchev–Trinajstić information content (AvgIpc) is 2.91. The molecule has 2 rings (SSSR count). The zero-order valence-corrected chi connectivity index (χ0v) is 11.0. The van der Waals surface area contributed by atoms with E-state index < -0.39 is 0 Å². The van der Waals surface area contributed by atoms with E-state index in [0.717, 1.165) is 5.69 Å².